The van der Waals surface area contributed by atoms with Crippen molar-refractivity contribution in [1.29, 1.82) is 0 Å². The number of para-hydroxylation sites is 1. The topological polar surface area (TPSA) is 22.1 Å². The van der Waals surface area contributed by atoms with Crippen molar-refractivity contribution in [3.8, 4) is 5.75 Å². The van der Waals surface area contributed by atoms with Gasteiger partial charge in [0.05, 0.1) is 5.52 Å². The maximum atomic E-state index is 5.68. The minimum atomic E-state index is 0.530. The van der Waals surface area contributed by atoms with E-state index in [1.165, 1.54) is 0 Å². The predicted octanol–water partition coefficient (Wildman–Crippen LogP) is 3.61. The van der Waals surface area contributed by atoms with E-state index in [-0.39, 0.29) is 0 Å². The number of benzene rings is 2. The van der Waals surface area contributed by atoms with Crippen LogP contribution in [0.4, 0.5) is 0 Å². The van der Waals surface area contributed by atoms with Crippen LogP contribution >= 0.6 is 0 Å². The van der Waals surface area contributed by atoms with E-state index in [1.54, 1.807) is 0 Å². The highest BCUT2D eigenvalue weighted by Crippen LogP contribution is 2.15. The molecule has 0 amide bonds. The van der Waals surface area contributed by atoms with E-state index in [9.17, 15) is 0 Å². The summed E-state index contributed by atoms with van der Waals surface area (Å²) in [6, 6.07) is 20.6. The first-order valence-corrected chi connectivity index (χ1v) is 5.84. The molecule has 0 bridgehead atoms. The van der Waals surface area contributed by atoms with Crippen molar-refractivity contribution in [3.63, 3.8) is 0 Å². The molecule has 0 saturated carbocycles. The Hall–Kier alpha value is -2.35. The molecule has 3 aromatic rings. The number of hydrogen-bond donors (Lipinski definition) is 0. The molecule has 0 aliphatic rings. The molecule has 1 radical (unpaired) electrons. The van der Waals surface area contributed by atoms with Crippen molar-refractivity contribution in [2.75, 3.05) is 0 Å². The fourth-order valence-electron chi connectivity index (χ4n) is 1.83. The molecule has 0 aliphatic carbocycles. The lowest BCUT2D eigenvalue weighted by atomic mass is 10.2. The van der Waals surface area contributed by atoms with Gasteiger partial charge in [-0.15, -0.1) is 0 Å². The Labute approximate surface area is 106 Å². The van der Waals surface area contributed by atoms with E-state index < -0.39 is 0 Å². The van der Waals surface area contributed by atoms with Crippen LogP contribution in [0.25, 0.3) is 10.9 Å². The summed E-state index contributed by atoms with van der Waals surface area (Å²) >= 11 is 0. The molecular weight excluding hydrogens is 222 g/mol. The number of hydrogen-bond acceptors (Lipinski definition) is 2. The van der Waals surface area contributed by atoms with Gasteiger partial charge in [0, 0.05) is 17.1 Å². The molecule has 0 N–H and O–H groups in total. The van der Waals surface area contributed by atoms with Crippen LogP contribution < -0.4 is 4.74 Å². The molecule has 3 rings (SSSR count). The van der Waals surface area contributed by atoms with Crippen LogP contribution in [0.5, 0.6) is 5.75 Å². The van der Waals surface area contributed by atoms with E-state index in [1.807, 2.05) is 48.7 Å². The Kier molecular flexibility index (Phi) is 2.92. The molecule has 1 heterocycles. The number of rotatable bonds is 3. The quantitative estimate of drug-likeness (QED) is 0.690. The molecule has 0 atom stereocenters. The third kappa shape index (κ3) is 2.33. The minimum absolute atomic E-state index is 0.530. The third-order valence-corrected chi connectivity index (χ3v) is 2.74. The van der Waals surface area contributed by atoms with E-state index in [4.69, 9.17) is 4.74 Å². The van der Waals surface area contributed by atoms with E-state index in [0.717, 1.165) is 22.2 Å². The van der Waals surface area contributed by atoms with Gasteiger partial charge in [0.25, 0.3) is 0 Å². The maximum absolute atomic E-state index is 5.68. The predicted molar refractivity (Wildman–Crippen MR) is 71.4 cm³/mol. The molecule has 18 heavy (non-hydrogen) atoms. The number of ether oxygens (including phenoxy) is 1. The van der Waals surface area contributed by atoms with Crippen LogP contribution in [-0.2, 0) is 6.61 Å². The molecule has 2 nitrogen and oxygen atoms in total. The van der Waals surface area contributed by atoms with Gasteiger partial charge in [-0.2, -0.15) is 0 Å². The summed E-state index contributed by atoms with van der Waals surface area (Å²) in [5.41, 5.74) is 2.08. The van der Waals surface area contributed by atoms with Crippen LogP contribution in [0.1, 0.15) is 5.56 Å². The van der Waals surface area contributed by atoms with Gasteiger partial charge < -0.3 is 4.74 Å². The standard InChI is InChI=1S/C16H12NO/c1-2-7-15(8-3-1)18-12-13-10-14-6-4-5-9-16(14)17-11-13/h2-11H,12H2. The number of pyridine rings is 1. The Morgan fingerprint density at radius 2 is 1.89 bits per heavy atom. The van der Waals surface area contributed by atoms with Crippen LogP contribution in [-0.4, -0.2) is 4.98 Å². The number of aromatic nitrogens is 1. The Morgan fingerprint density at radius 1 is 1.06 bits per heavy atom. The Bertz CT molecular complexity index is 649. The van der Waals surface area contributed by atoms with Gasteiger partial charge in [-0.25, -0.2) is 0 Å². The number of fused-ring (bicyclic) bond motifs is 1. The largest absolute Gasteiger partial charge is 0.489 e. The van der Waals surface area contributed by atoms with Crippen molar-refractivity contribution in [1.82, 2.24) is 4.98 Å². The van der Waals surface area contributed by atoms with Gasteiger partial charge in [-0.05, 0) is 30.3 Å². The van der Waals surface area contributed by atoms with Crippen molar-refractivity contribution < 1.29 is 4.74 Å². The second-order valence-corrected chi connectivity index (χ2v) is 4.06. The average molecular weight is 234 g/mol. The normalized spacial score (nSPS) is 10.4. The second-order valence-electron chi connectivity index (χ2n) is 4.06. The summed E-state index contributed by atoms with van der Waals surface area (Å²) in [5, 5.41) is 1.14. The van der Waals surface area contributed by atoms with Gasteiger partial charge in [-0.1, -0.05) is 30.3 Å². The molecule has 0 fully saturated rings. The van der Waals surface area contributed by atoms with E-state index in [0.29, 0.717) is 6.61 Å². The van der Waals surface area contributed by atoms with E-state index in [2.05, 4.69) is 23.2 Å². The summed E-state index contributed by atoms with van der Waals surface area (Å²) in [7, 11) is 0. The third-order valence-electron chi connectivity index (χ3n) is 2.74. The molecular formula is C16H12NO. The summed E-state index contributed by atoms with van der Waals surface area (Å²) in [6.07, 6.45) is 1.86. The van der Waals surface area contributed by atoms with Gasteiger partial charge in [0.15, 0.2) is 0 Å². The number of nitrogens with zero attached hydrogens (tertiary/aromatic N) is 1. The van der Waals surface area contributed by atoms with Crippen molar-refractivity contribution in [2.45, 2.75) is 6.61 Å². The monoisotopic (exact) mass is 234 g/mol. The van der Waals surface area contributed by atoms with Gasteiger partial charge >= 0.3 is 0 Å². The van der Waals surface area contributed by atoms with E-state index >= 15 is 0 Å². The zero-order valence-electron chi connectivity index (χ0n) is 9.84. The Balaban J connectivity index is 1.79. The summed E-state index contributed by atoms with van der Waals surface area (Å²) in [4.78, 5) is 4.41. The highest BCUT2D eigenvalue weighted by Gasteiger charge is 1.98. The van der Waals surface area contributed by atoms with Crippen LogP contribution in [0.2, 0.25) is 0 Å². The molecule has 0 spiro atoms. The lowest BCUT2D eigenvalue weighted by molar-refractivity contribution is 0.306. The lowest BCUT2D eigenvalue weighted by Crippen LogP contribution is -1.96. The summed E-state index contributed by atoms with van der Waals surface area (Å²) in [5.74, 6) is 0.849. The fraction of sp³-hybridized carbons (Fsp3) is 0.0625. The fourth-order valence-corrected chi connectivity index (χ4v) is 1.83. The summed E-state index contributed by atoms with van der Waals surface area (Å²) < 4.78 is 5.68. The van der Waals surface area contributed by atoms with Crippen molar-refractivity contribution in [2.24, 2.45) is 0 Å². The van der Waals surface area contributed by atoms with Crippen LogP contribution in [0.15, 0.2) is 60.8 Å². The zero-order chi connectivity index (χ0) is 12.2. The Morgan fingerprint density at radius 3 is 2.78 bits per heavy atom. The van der Waals surface area contributed by atoms with Gasteiger partial charge in [0.2, 0.25) is 0 Å². The molecule has 0 saturated heterocycles. The first-order valence-electron chi connectivity index (χ1n) is 5.84. The zero-order valence-corrected chi connectivity index (χ0v) is 9.84. The first-order chi connectivity index (χ1) is 8.92. The van der Waals surface area contributed by atoms with Gasteiger partial charge in [-0.3, -0.25) is 4.98 Å². The van der Waals surface area contributed by atoms with Crippen molar-refractivity contribution >= 4 is 10.9 Å². The van der Waals surface area contributed by atoms with Crippen molar-refractivity contribution in [3.05, 3.63) is 72.4 Å². The average Bonchev–Trinajstić information content (AvgIpc) is 2.46. The molecule has 0 unspecified atom stereocenters. The molecule has 0 aliphatic heterocycles. The molecule has 2 heteroatoms. The molecule has 1 aromatic heterocycles. The second kappa shape index (κ2) is 4.88. The highest BCUT2D eigenvalue weighted by atomic mass is 16.5. The smallest absolute Gasteiger partial charge is 0.119 e. The van der Waals surface area contributed by atoms with Gasteiger partial charge in [0.1, 0.15) is 12.4 Å². The van der Waals surface area contributed by atoms with Crippen LogP contribution in [0.3, 0.4) is 0 Å². The first kappa shape index (κ1) is 10.8. The lowest BCUT2D eigenvalue weighted by Gasteiger charge is -2.06. The highest BCUT2D eigenvalue weighted by molar-refractivity contribution is 5.78. The molecule has 87 valence electrons. The minimum Gasteiger partial charge on any atom is -0.489 e. The summed E-state index contributed by atoms with van der Waals surface area (Å²) in [6.45, 7) is 0.530. The maximum Gasteiger partial charge on any atom is 0.119 e. The SMILES string of the molecule is [c]1ccc(OCc2cnc3ccccc3c2)cc1. The molecule has 2 aromatic carbocycles. The van der Waals surface area contributed by atoms with Crippen LogP contribution in [0, 0.1) is 6.07 Å².